The highest BCUT2D eigenvalue weighted by molar-refractivity contribution is 6.30. The van der Waals surface area contributed by atoms with Crippen LogP contribution in [0.15, 0.2) is 18.2 Å². The highest BCUT2D eigenvalue weighted by atomic mass is 35.5. The third-order valence-electron chi connectivity index (χ3n) is 2.11. The summed E-state index contributed by atoms with van der Waals surface area (Å²) in [5, 5.41) is 4.95. The van der Waals surface area contributed by atoms with Crippen molar-refractivity contribution in [3.63, 3.8) is 0 Å². The molecule has 0 radical (unpaired) electrons. The van der Waals surface area contributed by atoms with E-state index in [0.29, 0.717) is 6.54 Å². The van der Waals surface area contributed by atoms with Crippen molar-refractivity contribution in [2.75, 3.05) is 19.7 Å². The summed E-state index contributed by atoms with van der Waals surface area (Å²) in [7, 11) is 0. The molecule has 1 rings (SSSR count). The van der Waals surface area contributed by atoms with Crippen LogP contribution in [-0.4, -0.2) is 31.7 Å². The Kier molecular flexibility index (Phi) is 6.08. The lowest BCUT2D eigenvalue weighted by Gasteiger charge is -2.07. The van der Waals surface area contributed by atoms with E-state index in [9.17, 15) is 14.0 Å². The Hall–Kier alpha value is -1.82. The molecule has 0 heterocycles. The zero-order valence-electron chi connectivity index (χ0n) is 10.3. The van der Waals surface area contributed by atoms with Crippen LogP contribution >= 0.6 is 11.6 Å². The van der Waals surface area contributed by atoms with Gasteiger partial charge in [0.05, 0.1) is 17.1 Å². The fourth-order valence-corrected chi connectivity index (χ4v) is 1.36. The molecule has 2 amide bonds. The van der Waals surface area contributed by atoms with Gasteiger partial charge >= 0.3 is 12.0 Å². The van der Waals surface area contributed by atoms with Crippen LogP contribution in [0.25, 0.3) is 0 Å². The number of esters is 1. The molecule has 0 spiro atoms. The van der Waals surface area contributed by atoms with E-state index in [1.165, 1.54) is 12.1 Å². The second-order valence-corrected chi connectivity index (χ2v) is 3.96. The van der Waals surface area contributed by atoms with Crippen molar-refractivity contribution < 1.29 is 18.7 Å². The zero-order chi connectivity index (χ0) is 14.3. The lowest BCUT2D eigenvalue weighted by atomic mass is 10.2. The van der Waals surface area contributed by atoms with Crippen molar-refractivity contribution in [2.45, 2.75) is 6.92 Å². The average molecular weight is 289 g/mol. The maximum absolute atomic E-state index is 13.1. The van der Waals surface area contributed by atoms with Crippen molar-refractivity contribution in [1.29, 1.82) is 0 Å². The molecular weight excluding hydrogens is 275 g/mol. The van der Waals surface area contributed by atoms with E-state index in [-0.39, 0.29) is 29.8 Å². The first-order valence-corrected chi connectivity index (χ1v) is 6.06. The van der Waals surface area contributed by atoms with Crippen LogP contribution in [0, 0.1) is 5.82 Å². The smallest absolute Gasteiger partial charge is 0.338 e. The van der Waals surface area contributed by atoms with Gasteiger partial charge in [-0.25, -0.2) is 14.0 Å². The number of ether oxygens (including phenoxy) is 1. The highest BCUT2D eigenvalue weighted by Gasteiger charge is 2.10. The standard InChI is InChI=1S/C12H14ClFN2O3/c1-2-15-12(18)16-5-6-19-11(17)8-3-4-9(13)10(14)7-8/h3-4,7H,2,5-6H2,1H3,(H2,15,16,18). The molecule has 0 fully saturated rings. The third-order valence-corrected chi connectivity index (χ3v) is 2.42. The van der Waals surface area contributed by atoms with Crippen molar-refractivity contribution >= 4 is 23.6 Å². The van der Waals surface area contributed by atoms with Gasteiger partial charge in [-0.1, -0.05) is 11.6 Å². The Morgan fingerprint density at radius 2 is 2.11 bits per heavy atom. The van der Waals surface area contributed by atoms with E-state index in [4.69, 9.17) is 16.3 Å². The first-order valence-electron chi connectivity index (χ1n) is 5.68. The zero-order valence-corrected chi connectivity index (χ0v) is 11.1. The Bertz CT molecular complexity index is 468. The van der Waals surface area contributed by atoms with Gasteiger partial charge in [0.2, 0.25) is 0 Å². The summed E-state index contributed by atoms with van der Waals surface area (Å²) in [5.41, 5.74) is 0.0694. The molecule has 0 atom stereocenters. The minimum atomic E-state index is -0.684. The quantitative estimate of drug-likeness (QED) is 0.643. The van der Waals surface area contributed by atoms with Crippen molar-refractivity contribution in [2.24, 2.45) is 0 Å². The second-order valence-electron chi connectivity index (χ2n) is 3.55. The molecule has 2 N–H and O–H groups in total. The van der Waals surface area contributed by atoms with Gasteiger partial charge in [0.25, 0.3) is 0 Å². The Morgan fingerprint density at radius 1 is 1.37 bits per heavy atom. The van der Waals surface area contributed by atoms with Crippen LogP contribution in [0.2, 0.25) is 5.02 Å². The van der Waals surface area contributed by atoms with E-state index < -0.39 is 11.8 Å². The summed E-state index contributed by atoms with van der Waals surface area (Å²) in [6.07, 6.45) is 0. The first kappa shape index (κ1) is 15.2. The number of carbonyl (C=O) groups is 2. The van der Waals surface area contributed by atoms with E-state index in [1.54, 1.807) is 6.92 Å². The lowest BCUT2D eigenvalue weighted by Crippen LogP contribution is -2.37. The molecule has 0 saturated carbocycles. The highest BCUT2D eigenvalue weighted by Crippen LogP contribution is 2.15. The number of nitrogens with one attached hydrogen (secondary N) is 2. The fraction of sp³-hybridized carbons (Fsp3) is 0.333. The summed E-state index contributed by atoms with van der Waals surface area (Å²) in [5.74, 6) is -1.36. The predicted octanol–water partition coefficient (Wildman–Crippen LogP) is 1.95. The van der Waals surface area contributed by atoms with Gasteiger partial charge in [-0.2, -0.15) is 0 Å². The van der Waals surface area contributed by atoms with E-state index in [0.717, 1.165) is 6.07 Å². The van der Waals surface area contributed by atoms with Crippen LogP contribution in [0.1, 0.15) is 17.3 Å². The molecule has 5 nitrogen and oxygen atoms in total. The molecule has 0 aliphatic carbocycles. The summed E-state index contributed by atoms with van der Waals surface area (Å²) >= 11 is 5.50. The molecule has 0 aliphatic rings. The number of carbonyl (C=O) groups excluding carboxylic acids is 2. The fourth-order valence-electron chi connectivity index (χ4n) is 1.24. The molecule has 0 bridgehead atoms. The number of urea groups is 1. The molecule has 0 saturated heterocycles. The molecule has 0 aliphatic heterocycles. The van der Waals surface area contributed by atoms with E-state index in [2.05, 4.69) is 10.6 Å². The molecule has 1 aromatic carbocycles. The number of benzene rings is 1. The van der Waals surface area contributed by atoms with Gasteiger partial charge in [0.15, 0.2) is 0 Å². The number of halogens is 2. The van der Waals surface area contributed by atoms with E-state index in [1.807, 2.05) is 0 Å². The maximum Gasteiger partial charge on any atom is 0.338 e. The van der Waals surface area contributed by atoms with Gasteiger partial charge in [-0.05, 0) is 25.1 Å². The van der Waals surface area contributed by atoms with Gasteiger partial charge in [0.1, 0.15) is 12.4 Å². The van der Waals surface area contributed by atoms with Crippen LogP contribution in [0.3, 0.4) is 0 Å². The molecule has 1 aromatic rings. The minimum absolute atomic E-state index is 0.000211. The normalized spacial score (nSPS) is 9.84. The summed E-state index contributed by atoms with van der Waals surface area (Å²) in [6, 6.07) is 3.31. The summed E-state index contributed by atoms with van der Waals surface area (Å²) < 4.78 is 18.0. The topological polar surface area (TPSA) is 67.4 Å². The lowest BCUT2D eigenvalue weighted by molar-refractivity contribution is 0.0509. The average Bonchev–Trinajstić information content (AvgIpc) is 2.38. The molecular formula is C12H14ClFN2O3. The second kappa shape index (κ2) is 7.58. The number of rotatable bonds is 5. The minimum Gasteiger partial charge on any atom is -0.460 e. The van der Waals surface area contributed by atoms with Crippen molar-refractivity contribution in [3.05, 3.63) is 34.6 Å². The molecule has 0 aromatic heterocycles. The SMILES string of the molecule is CCNC(=O)NCCOC(=O)c1ccc(Cl)c(F)c1. The van der Waals surface area contributed by atoms with Gasteiger partial charge in [-0.15, -0.1) is 0 Å². The van der Waals surface area contributed by atoms with Crippen LogP contribution in [0.5, 0.6) is 0 Å². The summed E-state index contributed by atoms with van der Waals surface area (Å²) in [4.78, 5) is 22.5. The molecule has 19 heavy (non-hydrogen) atoms. The van der Waals surface area contributed by atoms with Gasteiger partial charge in [-0.3, -0.25) is 0 Å². The Morgan fingerprint density at radius 3 is 2.74 bits per heavy atom. The van der Waals surface area contributed by atoms with Crippen molar-refractivity contribution in [3.8, 4) is 0 Å². The summed E-state index contributed by atoms with van der Waals surface area (Å²) in [6.45, 7) is 2.47. The maximum atomic E-state index is 13.1. The number of amides is 2. The number of hydrogen-bond donors (Lipinski definition) is 2. The Labute approximate surface area is 115 Å². The predicted molar refractivity (Wildman–Crippen MR) is 68.8 cm³/mol. The van der Waals surface area contributed by atoms with E-state index >= 15 is 0 Å². The monoisotopic (exact) mass is 288 g/mol. The molecule has 7 heteroatoms. The van der Waals surface area contributed by atoms with Gasteiger partial charge < -0.3 is 15.4 Å². The molecule has 0 unspecified atom stereocenters. The van der Waals surface area contributed by atoms with Crippen LogP contribution in [-0.2, 0) is 4.74 Å². The van der Waals surface area contributed by atoms with Crippen LogP contribution < -0.4 is 10.6 Å². The van der Waals surface area contributed by atoms with Crippen molar-refractivity contribution in [1.82, 2.24) is 10.6 Å². The first-order chi connectivity index (χ1) is 9.04. The largest absolute Gasteiger partial charge is 0.460 e. The third kappa shape index (κ3) is 5.13. The number of hydrogen-bond acceptors (Lipinski definition) is 3. The molecule has 104 valence electrons. The van der Waals surface area contributed by atoms with Crippen LogP contribution in [0.4, 0.5) is 9.18 Å². The van der Waals surface area contributed by atoms with Gasteiger partial charge in [0, 0.05) is 6.54 Å². The Balaban J connectivity index is 2.35.